The summed E-state index contributed by atoms with van der Waals surface area (Å²) in [6.07, 6.45) is 1.61. The van der Waals surface area contributed by atoms with Crippen LogP contribution in [0.2, 0.25) is 5.02 Å². The van der Waals surface area contributed by atoms with E-state index < -0.39 is 4.92 Å². The molecule has 0 atom stereocenters. The molecule has 8 heteroatoms. The number of aromatic nitrogens is 3. The molecule has 0 aliphatic carbocycles. The Morgan fingerprint density at radius 1 is 1.53 bits per heavy atom. The molecule has 0 fully saturated rings. The summed E-state index contributed by atoms with van der Waals surface area (Å²) in [4.78, 5) is 10.5. The summed E-state index contributed by atoms with van der Waals surface area (Å²) < 4.78 is 1.85. The van der Waals surface area contributed by atoms with Crippen molar-refractivity contribution in [1.82, 2.24) is 14.8 Å². The summed E-state index contributed by atoms with van der Waals surface area (Å²) in [5.74, 6) is 0.705. The fourth-order valence-electron chi connectivity index (χ4n) is 1.70. The molecule has 0 radical (unpaired) electrons. The largest absolute Gasteiger partial charge is 0.372 e. The highest BCUT2D eigenvalue weighted by Gasteiger charge is 2.18. The lowest BCUT2D eigenvalue weighted by atomic mass is 10.2. The van der Waals surface area contributed by atoms with Crippen molar-refractivity contribution >= 4 is 23.0 Å². The first-order valence-corrected chi connectivity index (χ1v) is 6.04. The molecule has 1 aromatic carbocycles. The predicted octanol–water partition coefficient (Wildman–Crippen LogP) is 2.47. The number of rotatable bonds is 5. The van der Waals surface area contributed by atoms with E-state index in [1.54, 1.807) is 18.5 Å². The van der Waals surface area contributed by atoms with Crippen LogP contribution in [0.5, 0.6) is 0 Å². The molecule has 0 aliphatic rings. The van der Waals surface area contributed by atoms with Crippen LogP contribution in [0.1, 0.15) is 12.7 Å². The number of nitro benzene ring substituents is 1. The number of halogens is 1. The van der Waals surface area contributed by atoms with Crippen LogP contribution in [-0.2, 0) is 13.1 Å². The third-order valence-electron chi connectivity index (χ3n) is 2.64. The van der Waals surface area contributed by atoms with Gasteiger partial charge in [0.15, 0.2) is 5.82 Å². The lowest BCUT2D eigenvalue weighted by Crippen LogP contribution is -2.08. The Morgan fingerprint density at radius 3 is 3.00 bits per heavy atom. The zero-order valence-electron chi connectivity index (χ0n) is 10.2. The minimum atomic E-state index is -0.505. The van der Waals surface area contributed by atoms with E-state index >= 15 is 0 Å². The van der Waals surface area contributed by atoms with Crippen molar-refractivity contribution in [2.45, 2.75) is 20.0 Å². The minimum Gasteiger partial charge on any atom is -0.372 e. The molecule has 2 rings (SSSR count). The van der Waals surface area contributed by atoms with Crippen LogP contribution in [0.15, 0.2) is 24.5 Å². The van der Waals surface area contributed by atoms with Gasteiger partial charge in [-0.3, -0.25) is 10.1 Å². The topological polar surface area (TPSA) is 85.9 Å². The van der Waals surface area contributed by atoms with Gasteiger partial charge in [-0.1, -0.05) is 17.7 Å². The number of nitro groups is 1. The number of nitrogens with one attached hydrogen (secondary N) is 1. The molecular weight excluding hydrogens is 270 g/mol. The highest BCUT2D eigenvalue weighted by molar-refractivity contribution is 6.33. The first-order chi connectivity index (χ1) is 9.13. The zero-order valence-corrected chi connectivity index (χ0v) is 11.0. The van der Waals surface area contributed by atoms with Crippen molar-refractivity contribution in [1.29, 1.82) is 0 Å². The molecule has 0 unspecified atom stereocenters. The molecular formula is C11H12ClN5O2. The number of benzene rings is 1. The Bertz CT molecular complexity index is 599. The van der Waals surface area contributed by atoms with Crippen molar-refractivity contribution < 1.29 is 4.92 Å². The van der Waals surface area contributed by atoms with E-state index in [0.29, 0.717) is 18.1 Å². The second kappa shape index (κ2) is 5.66. The van der Waals surface area contributed by atoms with Gasteiger partial charge in [0.2, 0.25) is 0 Å². The van der Waals surface area contributed by atoms with Gasteiger partial charge in [-0.25, -0.2) is 0 Å². The van der Waals surface area contributed by atoms with Gasteiger partial charge in [0.1, 0.15) is 17.0 Å². The van der Waals surface area contributed by atoms with Gasteiger partial charge in [0.25, 0.3) is 0 Å². The van der Waals surface area contributed by atoms with Gasteiger partial charge in [0, 0.05) is 6.54 Å². The summed E-state index contributed by atoms with van der Waals surface area (Å²) in [6, 6.07) is 4.75. The molecule has 2 aromatic rings. The van der Waals surface area contributed by atoms with Crippen LogP contribution in [0.3, 0.4) is 0 Å². The molecule has 19 heavy (non-hydrogen) atoms. The molecule has 1 N–H and O–H groups in total. The molecule has 100 valence electrons. The van der Waals surface area contributed by atoms with Crippen LogP contribution >= 0.6 is 11.6 Å². The van der Waals surface area contributed by atoms with Gasteiger partial charge < -0.3 is 9.88 Å². The molecule has 0 saturated heterocycles. The molecule has 0 saturated carbocycles. The number of anilines is 1. The molecule has 0 bridgehead atoms. The zero-order chi connectivity index (χ0) is 13.8. The lowest BCUT2D eigenvalue weighted by Gasteiger charge is -2.08. The molecule has 0 amide bonds. The molecule has 0 spiro atoms. The average Bonchev–Trinajstić information content (AvgIpc) is 2.83. The second-order valence-electron chi connectivity index (χ2n) is 3.78. The summed E-state index contributed by atoms with van der Waals surface area (Å²) in [6.45, 7) is 3.05. The Kier molecular flexibility index (Phi) is 3.96. The van der Waals surface area contributed by atoms with Gasteiger partial charge in [0.05, 0.1) is 11.5 Å². The average molecular weight is 282 g/mol. The van der Waals surface area contributed by atoms with Crippen molar-refractivity contribution in [2.24, 2.45) is 0 Å². The number of hydrogen-bond acceptors (Lipinski definition) is 5. The lowest BCUT2D eigenvalue weighted by molar-refractivity contribution is -0.383. The first kappa shape index (κ1) is 13.3. The van der Waals surface area contributed by atoms with Crippen LogP contribution in [-0.4, -0.2) is 19.7 Å². The fraction of sp³-hybridized carbons (Fsp3) is 0.273. The van der Waals surface area contributed by atoms with E-state index in [0.717, 1.165) is 6.54 Å². The van der Waals surface area contributed by atoms with Crippen LogP contribution in [0.4, 0.5) is 11.4 Å². The summed E-state index contributed by atoms with van der Waals surface area (Å²) in [5.41, 5.74) is 0.231. The highest BCUT2D eigenvalue weighted by Crippen LogP contribution is 2.32. The molecule has 1 heterocycles. The van der Waals surface area contributed by atoms with Gasteiger partial charge in [-0.2, -0.15) is 0 Å². The number of para-hydroxylation sites is 1. The normalized spacial score (nSPS) is 10.4. The van der Waals surface area contributed by atoms with E-state index in [2.05, 4.69) is 15.5 Å². The van der Waals surface area contributed by atoms with E-state index in [-0.39, 0.29) is 10.7 Å². The standard InChI is InChI=1S/C11H12ClN5O2/c1-2-16-7-14-15-10(16)6-13-9-5-3-4-8(12)11(9)17(18)19/h3-5,7,13H,2,6H2,1H3. The summed E-state index contributed by atoms with van der Waals surface area (Å²) in [7, 11) is 0. The van der Waals surface area contributed by atoms with Crippen LogP contribution in [0, 0.1) is 10.1 Å². The van der Waals surface area contributed by atoms with E-state index in [1.807, 2.05) is 11.5 Å². The Morgan fingerprint density at radius 2 is 2.32 bits per heavy atom. The minimum absolute atomic E-state index is 0.104. The second-order valence-corrected chi connectivity index (χ2v) is 4.19. The highest BCUT2D eigenvalue weighted by atomic mass is 35.5. The smallest absolute Gasteiger partial charge is 0.310 e. The van der Waals surface area contributed by atoms with Crippen molar-refractivity contribution in [3.63, 3.8) is 0 Å². The van der Waals surface area contributed by atoms with Crippen LogP contribution in [0.25, 0.3) is 0 Å². The first-order valence-electron chi connectivity index (χ1n) is 5.67. The van der Waals surface area contributed by atoms with Gasteiger partial charge in [-0.05, 0) is 19.1 Å². The van der Waals surface area contributed by atoms with Gasteiger partial charge in [-0.15, -0.1) is 10.2 Å². The van der Waals surface area contributed by atoms with E-state index in [1.165, 1.54) is 6.07 Å². The summed E-state index contributed by atoms with van der Waals surface area (Å²) in [5, 5.41) is 21.8. The fourth-order valence-corrected chi connectivity index (χ4v) is 1.94. The maximum Gasteiger partial charge on any atom is 0.310 e. The number of aryl methyl sites for hydroxylation is 1. The monoisotopic (exact) mass is 281 g/mol. The number of hydrogen-bond donors (Lipinski definition) is 1. The maximum absolute atomic E-state index is 11.0. The Balaban J connectivity index is 2.20. The number of nitrogens with zero attached hydrogens (tertiary/aromatic N) is 4. The predicted molar refractivity (Wildman–Crippen MR) is 71.1 cm³/mol. The third-order valence-corrected chi connectivity index (χ3v) is 2.95. The van der Waals surface area contributed by atoms with Gasteiger partial charge >= 0.3 is 5.69 Å². The third kappa shape index (κ3) is 2.82. The summed E-state index contributed by atoms with van der Waals surface area (Å²) >= 11 is 5.83. The Hall–Kier alpha value is -2.15. The van der Waals surface area contributed by atoms with E-state index in [9.17, 15) is 10.1 Å². The molecule has 7 nitrogen and oxygen atoms in total. The van der Waals surface area contributed by atoms with E-state index in [4.69, 9.17) is 11.6 Å². The quantitative estimate of drug-likeness (QED) is 0.672. The molecule has 0 aliphatic heterocycles. The SMILES string of the molecule is CCn1cnnc1CNc1cccc(Cl)c1[N+](=O)[O-]. The molecule has 1 aromatic heterocycles. The van der Waals surface area contributed by atoms with Crippen LogP contribution < -0.4 is 5.32 Å². The van der Waals surface area contributed by atoms with Crippen molar-refractivity contribution in [3.8, 4) is 0 Å². The maximum atomic E-state index is 11.0. The van der Waals surface area contributed by atoms with Crippen molar-refractivity contribution in [3.05, 3.63) is 45.5 Å². The van der Waals surface area contributed by atoms with Crippen molar-refractivity contribution in [2.75, 3.05) is 5.32 Å². The Labute approximate surface area is 114 Å².